The highest BCUT2D eigenvalue weighted by atomic mass is 15.3. The van der Waals surface area contributed by atoms with Crippen LogP contribution in [0.2, 0.25) is 0 Å². The second kappa shape index (κ2) is 6.43. The fourth-order valence-corrected chi connectivity index (χ4v) is 1.92. The molecule has 0 aliphatic carbocycles. The number of aromatic nitrogens is 4. The molecule has 0 aliphatic rings. The van der Waals surface area contributed by atoms with Crippen LogP contribution in [0.5, 0.6) is 0 Å². The summed E-state index contributed by atoms with van der Waals surface area (Å²) in [6, 6.07) is 4.03. The number of rotatable bonds is 6. The summed E-state index contributed by atoms with van der Waals surface area (Å²) in [5.74, 6) is 1.54. The van der Waals surface area contributed by atoms with Crippen molar-refractivity contribution in [2.75, 3.05) is 0 Å². The quantitative estimate of drug-likeness (QED) is 0.861. The lowest BCUT2D eigenvalue weighted by Crippen LogP contribution is -2.19. The summed E-state index contributed by atoms with van der Waals surface area (Å²) < 4.78 is 1.96. The van der Waals surface area contributed by atoms with E-state index in [0.29, 0.717) is 12.5 Å². The van der Waals surface area contributed by atoms with Crippen molar-refractivity contribution < 1.29 is 0 Å². The Morgan fingerprint density at radius 1 is 1.26 bits per heavy atom. The van der Waals surface area contributed by atoms with Crippen molar-refractivity contribution >= 4 is 0 Å². The average Bonchev–Trinajstić information content (AvgIpc) is 2.78. The summed E-state index contributed by atoms with van der Waals surface area (Å²) in [6.07, 6.45) is 3.44. The maximum atomic E-state index is 4.36. The van der Waals surface area contributed by atoms with E-state index in [1.54, 1.807) is 6.33 Å². The molecular weight excluding hydrogens is 238 g/mol. The molecule has 0 radical (unpaired) electrons. The third kappa shape index (κ3) is 3.86. The van der Waals surface area contributed by atoms with Gasteiger partial charge < -0.3 is 5.32 Å². The van der Waals surface area contributed by atoms with E-state index < -0.39 is 0 Å². The molecule has 0 unspecified atom stereocenters. The standard InChI is InChI=1S/C14H21N5/c1-11(2)9-19-14(17-10-18-19)8-15-7-13-12(3)5-4-6-16-13/h4-6,10-11,15H,7-9H2,1-3H3. The van der Waals surface area contributed by atoms with Gasteiger partial charge in [-0.25, -0.2) is 9.67 Å². The van der Waals surface area contributed by atoms with Crippen molar-refractivity contribution in [3.63, 3.8) is 0 Å². The van der Waals surface area contributed by atoms with Gasteiger partial charge >= 0.3 is 0 Å². The van der Waals surface area contributed by atoms with Gasteiger partial charge in [0.1, 0.15) is 12.2 Å². The van der Waals surface area contributed by atoms with Crippen LogP contribution in [0.25, 0.3) is 0 Å². The van der Waals surface area contributed by atoms with Crippen molar-refractivity contribution in [2.45, 2.75) is 40.4 Å². The molecule has 1 N–H and O–H groups in total. The molecule has 2 aromatic rings. The van der Waals surface area contributed by atoms with Crippen LogP contribution in [-0.2, 0) is 19.6 Å². The van der Waals surface area contributed by atoms with E-state index in [0.717, 1.165) is 24.6 Å². The molecule has 0 fully saturated rings. The van der Waals surface area contributed by atoms with Gasteiger partial charge in [-0.2, -0.15) is 5.10 Å². The van der Waals surface area contributed by atoms with E-state index in [9.17, 15) is 0 Å². The molecule has 0 aliphatic heterocycles. The van der Waals surface area contributed by atoms with Crippen molar-refractivity contribution in [3.05, 3.63) is 41.7 Å². The molecule has 0 saturated heterocycles. The Balaban J connectivity index is 1.89. The summed E-state index contributed by atoms with van der Waals surface area (Å²) in [6.45, 7) is 8.79. The first-order valence-corrected chi connectivity index (χ1v) is 6.64. The summed E-state index contributed by atoms with van der Waals surface area (Å²) in [5.41, 5.74) is 2.29. The first-order chi connectivity index (χ1) is 9.16. The largest absolute Gasteiger partial charge is 0.304 e. The van der Waals surface area contributed by atoms with Crippen molar-refractivity contribution in [2.24, 2.45) is 5.92 Å². The van der Waals surface area contributed by atoms with Gasteiger partial charge in [0.2, 0.25) is 0 Å². The Kier molecular flexibility index (Phi) is 4.63. The highest BCUT2D eigenvalue weighted by Crippen LogP contribution is 2.04. The second-order valence-corrected chi connectivity index (χ2v) is 5.12. The Morgan fingerprint density at radius 3 is 2.84 bits per heavy atom. The lowest BCUT2D eigenvalue weighted by molar-refractivity contribution is 0.457. The minimum absolute atomic E-state index is 0.568. The normalized spacial score (nSPS) is 11.2. The Morgan fingerprint density at radius 2 is 2.11 bits per heavy atom. The smallest absolute Gasteiger partial charge is 0.140 e. The molecule has 0 saturated carbocycles. The molecule has 0 bridgehead atoms. The Bertz CT molecular complexity index is 518. The monoisotopic (exact) mass is 259 g/mol. The summed E-state index contributed by atoms with van der Waals surface area (Å²) >= 11 is 0. The van der Waals surface area contributed by atoms with Crippen molar-refractivity contribution in [1.29, 1.82) is 0 Å². The topological polar surface area (TPSA) is 55.6 Å². The predicted octanol–water partition coefficient (Wildman–Crippen LogP) is 1.93. The average molecular weight is 259 g/mol. The van der Waals surface area contributed by atoms with Gasteiger partial charge in [0.25, 0.3) is 0 Å². The number of aryl methyl sites for hydroxylation is 1. The molecule has 2 aromatic heterocycles. The van der Waals surface area contributed by atoms with Crippen LogP contribution in [-0.4, -0.2) is 19.7 Å². The highest BCUT2D eigenvalue weighted by Gasteiger charge is 2.06. The molecule has 5 heteroatoms. The van der Waals surface area contributed by atoms with Crippen LogP contribution < -0.4 is 5.32 Å². The van der Waals surface area contributed by atoms with Gasteiger partial charge in [-0.1, -0.05) is 19.9 Å². The SMILES string of the molecule is Cc1cccnc1CNCc1ncnn1CC(C)C. The first kappa shape index (κ1) is 13.7. The molecule has 0 amide bonds. The van der Waals surface area contributed by atoms with Gasteiger partial charge in [-0.05, 0) is 24.5 Å². The van der Waals surface area contributed by atoms with Gasteiger partial charge in [0.15, 0.2) is 0 Å². The van der Waals surface area contributed by atoms with Gasteiger partial charge in [-0.15, -0.1) is 0 Å². The zero-order chi connectivity index (χ0) is 13.7. The van der Waals surface area contributed by atoms with Crippen LogP contribution >= 0.6 is 0 Å². The molecular formula is C14H21N5. The van der Waals surface area contributed by atoms with Crippen LogP contribution in [0, 0.1) is 12.8 Å². The number of hydrogen-bond donors (Lipinski definition) is 1. The maximum Gasteiger partial charge on any atom is 0.140 e. The Labute approximate surface area is 114 Å². The first-order valence-electron chi connectivity index (χ1n) is 6.64. The lowest BCUT2D eigenvalue weighted by atomic mass is 10.2. The summed E-state index contributed by atoms with van der Waals surface area (Å²) in [5, 5.41) is 7.62. The summed E-state index contributed by atoms with van der Waals surface area (Å²) in [7, 11) is 0. The molecule has 102 valence electrons. The van der Waals surface area contributed by atoms with E-state index in [2.05, 4.69) is 47.2 Å². The summed E-state index contributed by atoms with van der Waals surface area (Å²) in [4.78, 5) is 8.65. The van der Waals surface area contributed by atoms with E-state index in [4.69, 9.17) is 0 Å². The van der Waals surface area contributed by atoms with E-state index in [-0.39, 0.29) is 0 Å². The Hall–Kier alpha value is -1.75. The van der Waals surface area contributed by atoms with Crippen LogP contribution in [0.3, 0.4) is 0 Å². The molecule has 5 nitrogen and oxygen atoms in total. The van der Waals surface area contributed by atoms with Crippen LogP contribution in [0.4, 0.5) is 0 Å². The molecule has 0 atom stereocenters. The number of hydrogen-bond acceptors (Lipinski definition) is 4. The maximum absolute atomic E-state index is 4.36. The van der Waals surface area contributed by atoms with Gasteiger partial charge in [0, 0.05) is 19.3 Å². The van der Waals surface area contributed by atoms with Crippen LogP contribution in [0.15, 0.2) is 24.7 Å². The molecule has 2 heterocycles. The third-order valence-corrected chi connectivity index (χ3v) is 2.93. The lowest BCUT2D eigenvalue weighted by Gasteiger charge is -2.09. The molecule has 0 aromatic carbocycles. The fourth-order valence-electron chi connectivity index (χ4n) is 1.92. The zero-order valence-corrected chi connectivity index (χ0v) is 11.8. The van der Waals surface area contributed by atoms with Gasteiger partial charge in [0.05, 0.1) is 12.2 Å². The minimum atomic E-state index is 0.568. The predicted molar refractivity (Wildman–Crippen MR) is 74.4 cm³/mol. The number of pyridine rings is 1. The second-order valence-electron chi connectivity index (χ2n) is 5.12. The fraction of sp³-hybridized carbons (Fsp3) is 0.500. The van der Waals surface area contributed by atoms with Crippen molar-refractivity contribution in [3.8, 4) is 0 Å². The van der Waals surface area contributed by atoms with Crippen LogP contribution in [0.1, 0.15) is 30.9 Å². The van der Waals surface area contributed by atoms with E-state index in [1.807, 2.05) is 16.9 Å². The highest BCUT2D eigenvalue weighted by molar-refractivity contribution is 5.17. The van der Waals surface area contributed by atoms with Gasteiger partial charge in [-0.3, -0.25) is 4.98 Å². The molecule has 19 heavy (non-hydrogen) atoms. The molecule has 0 spiro atoms. The minimum Gasteiger partial charge on any atom is -0.304 e. The number of nitrogens with zero attached hydrogens (tertiary/aromatic N) is 4. The molecule has 2 rings (SSSR count). The zero-order valence-electron chi connectivity index (χ0n) is 11.8. The number of nitrogens with one attached hydrogen (secondary N) is 1. The van der Waals surface area contributed by atoms with Crippen molar-refractivity contribution in [1.82, 2.24) is 25.1 Å². The third-order valence-electron chi connectivity index (χ3n) is 2.93. The van der Waals surface area contributed by atoms with E-state index in [1.165, 1.54) is 5.56 Å². The van der Waals surface area contributed by atoms with E-state index >= 15 is 0 Å².